The summed E-state index contributed by atoms with van der Waals surface area (Å²) in [6.45, 7) is 7.04. The van der Waals surface area contributed by atoms with Crippen molar-refractivity contribution in [1.29, 1.82) is 0 Å². The number of rotatable bonds is 6. The zero-order chi connectivity index (χ0) is 21.3. The van der Waals surface area contributed by atoms with Crippen LogP contribution in [0.4, 0.5) is 5.69 Å². The first kappa shape index (κ1) is 20.5. The van der Waals surface area contributed by atoms with Gasteiger partial charge >= 0.3 is 5.97 Å². The third-order valence-corrected chi connectivity index (χ3v) is 5.18. The molecule has 7 nitrogen and oxygen atoms in total. The maximum absolute atomic E-state index is 12.7. The summed E-state index contributed by atoms with van der Waals surface area (Å²) in [5.41, 5.74) is 2.97. The molecule has 2 aromatic rings. The molecular formula is C22H24N2O5. The molecule has 1 aromatic heterocycles. The van der Waals surface area contributed by atoms with Crippen LogP contribution in [0.1, 0.15) is 69.2 Å². The van der Waals surface area contributed by atoms with Crippen LogP contribution in [0.5, 0.6) is 0 Å². The van der Waals surface area contributed by atoms with Crippen LogP contribution in [0, 0.1) is 13.8 Å². The Morgan fingerprint density at radius 2 is 1.79 bits per heavy atom. The largest absolute Gasteiger partial charge is 0.451 e. The highest BCUT2D eigenvalue weighted by Gasteiger charge is 2.27. The maximum atomic E-state index is 12.7. The standard InChI is InChI=1S/C22H24N2O5/c1-12-19(14(3)25)13(2)23-20(12)21(27)15(4)29-22(28)16-7-9-17(10-8-16)24-11-5-6-18(24)26/h7-10,15,23H,5-6,11H2,1-4H3/t15-/m1/s1. The van der Waals surface area contributed by atoms with Gasteiger partial charge in [-0.15, -0.1) is 0 Å². The Labute approximate surface area is 169 Å². The lowest BCUT2D eigenvalue weighted by Crippen LogP contribution is -2.26. The summed E-state index contributed by atoms with van der Waals surface area (Å²) in [5, 5.41) is 0. The van der Waals surface area contributed by atoms with E-state index in [1.54, 1.807) is 43.0 Å². The lowest BCUT2D eigenvalue weighted by Gasteiger charge is -2.16. The van der Waals surface area contributed by atoms with Crippen LogP contribution in [-0.2, 0) is 9.53 Å². The van der Waals surface area contributed by atoms with E-state index in [1.165, 1.54) is 13.8 Å². The molecule has 1 saturated heterocycles. The highest BCUT2D eigenvalue weighted by atomic mass is 16.5. The molecule has 1 atom stereocenters. The van der Waals surface area contributed by atoms with E-state index in [2.05, 4.69) is 4.98 Å². The van der Waals surface area contributed by atoms with Gasteiger partial charge < -0.3 is 14.6 Å². The van der Waals surface area contributed by atoms with Gasteiger partial charge in [0.1, 0.15) is 0 Å². The van der Waals surface area contributed by atoms with Crippen LogP contribution in [0.3, 0.4) is 0 Å². The smallest absolute Gasteiger partial charge is 0.338 e. The fourth-order valence-corrected chi connectivity index (χ4v) is 3.71. The number of amides is 1. The average Bonchev–Trinajstić information content (AvgIpc) is 3.23. The van der Waals surface area contributed by atoms with Crippen molar-refractivity contribution >= 4 is 29.1 Å². The first-order valence-corrected chi connectivity index (χ1v) is 9.56. The van der Waals surface area contributed by atoms with Crippen LogP contribution in [0.15, 0.2) is 24.3 Å². The third-order valence-electron chi connectivity index (χ3n) is 5.18. The lowest BCUT2D eigenvalue weighted by molar-refractivity contribution is -0.117. The number of esters is 1. The van der Waals surface area contributed by atoms with Gasteiger partial charge in [0, 0.05) is 29.9 Å². The minimum Gasteiger partial charge on any atom is -0.451 e. The Kier molecular flexibility index (Phi) is 5.68. The predicted octanol–water partition coefficient (Wildman–Crippen LogP) is 3.39. The third kappa shape index (κ3) is 3.99. The number of Topliss-reactive ketones (excluding diaryl/α,β-unsaturated/α-hetero) is 2. The zero-order valence-electron chi connectivity index (χ0n) is 17.0. The number of hydrogen-bond donors (Lipinski definition) is 1. The monoisotopic (exact) mass is 396 g/mol. The van der Waals surface area contributed by atoms with Gasteiger partial charge in [0.25, 0.3) is 0 Å². The Morgan fingerprint density at radius 3 is 2.31 bits per heavy atom. The molecule has 152 valence electrons. The van der Waals surface area contributed by atoms with Crippen molar-refractivity contribution < 1.29 is 23.9 Å². The fourth-order valence-electron chi connectivity index (χ4n) is 3.71. The second kappa shape index (κ2) is 8.03. The highest BCUT2D eigenvalue weighted by Crippen LogP contribution is 2.23. The molecule has 1 aliphatic heterocycles. The van der Waals surface area contributed by atoms with Crippen molar-refractivity contribution in [3.05, 3.63) is 52.3 Å². The molecule has 1 aliphatic rings. The normalized spacial score (nSPS) is 14.8. The SMILES string of the molecule is CC(=O)c1c(C)[nH]c(C(=O)[C@@H](C)OC(=O)c2ccc(N3CCCC3=O)cc2)c1C. The van der Waals surface area contributed by atoms with Gasteiger partial charge in [0.15, 0.2) is 11.9 Å². The van der Waals surface area contributed by atoms with Crippen molar-refractivity contribution in [2.75, 3.05) is 11.4 Å². The van der Waals surface area contributed by atoms with Crippen LogP contribution in [0.25, 0.3) is 0 Å². The van der Waals surface area contributed by atoms with Crippen LogP contribution in [0.2, 0.25) is 0 Å². The van der Waals surface area contributed by atoms with Gasteiger partial charge in [-0.25, -0.2) is 4.79 Å². The number of benzene rings is 1. The molecule has 7 heteroatoms. The van der Waals surface area contributed by atoms with E-state index in [1.807, 2.05) is 0 Å². The molecule has 0 aliphatic carbocycles. The van der Waals surface area contributed by atoms with Gasteiger partial charge in [0.05, 0.1) is 11.3 Å². The number of carbonyl (C=O) groups excluding carboxylic acids is 4. The number of carbonyl (C=O) groups is 4. The van der Waals surface area contributed by atoms with Gasteiger partial charge in [-0.1, -0.05) is 0 Å². The van der Waals surface area contributed by atoms with Crippen molar-refractivity contribution in [3.63, 3.8) is 0 Å². The van der Waals surface area contributed by atoms with Gasteiger partial charge in [0.2, 0.25) is 11.7 Å². The molecule has 29 heavy (non-hydrogen) atoms. The van der Waals surface area contributed by atoms with Gasteiger partial charge in [-0.05, 0) is 63.9 Å². The topological polar surface area (TPSA) is 96.5 Å². The summed E-state index contributed by atoms with van der Waals surface area (Å²) in [4.78, 5) is 53.3. The van der Waals surface area contributed by atoms with Gasteiger partial charge in [-0.2, -0.15) is 0 Å². The Bertz CT molecular complexity index is 987. The number of aromatic nitrogens is 1. The lowest BCUT2D eigenvalue weighted by atomic mass is 10.0. The van der Waals surface area contributed by atoms with Gasteiger partial charge in [-0.3, -0.25) is 14.4 Å². The first-order chi connectivity index (χ1) is 13.7. The van der Waals surface area contributed by atoms with E-state index in [4.69, 9.17) is 4.74 Å². The Hall–Kier alpha value is -3.22. The number of H-pyrrole nitrogens is 1. The summed E-state index contributed by atoms with van der Waals surface area (Å²) in [7, 11) is 0. The number of anilines is 1. The summed E-state index contributed by atoms with van der Waals surface area (Å²) in [5.74, 6) is -1.08. The quantitative estimate of drug-likeness (QED) is 0.596. The molecule has 1 fully saturated rings. The number of ether oxygens (including phenoxy) is 1. The Balaban J connectivity index is 1.70. The zero-order valence-corrected chi connectivity index (χ0v) is 17.0. The molecule has 0 bridgehead atoms. The van der Waals surface area contributed by atoms with E-state index in [9.17, 15) is 19.2 Å². The number of aryl methyl sites for hydroxylation is 1. The van der Waals surface area contributed by atoms with E-state index in [0.29, 0.717) is 35.3 Å². The average molecular weight is 396 g/mol. The summed E-state index contributed by atoms with van der Waals surface area (Å²) in [6, 6.07) is 6.56. The summed E-state index contributed by atoms with van der Waals surface area (Å²) >= 11 is 0. The molecule has 0 unspecified atom stereocenters. The number of nitrogens with one attached hydrogen (secondary N) is 1. The fraction of sp³-hybridized carbons (Fsp3) is 0.364. The molecule has 0 radical (unpaired) electrons. The maximum Gasteiger partial charge on any atom is 0.338 e. The number of nitrogens with zero attached hydrogens (tertiary/aromatic N) is 1. The van der Waals surface area contributed by atoms with Crippen molar-refractivity contribution in [1.82, 2.24) is 4.98 Å². The van der Waals surface area contributed by atoms with Crippen LogP contribution in [-0.4, -0.2) is 41.1 Å². The molecule has 3 rings (SSSR count). The van der Waals surface area contributed by atoms with E-state index in [0.717, 1.165) is 12.1 Å². The summed E-state index contributed by atoms with van der Waals surface area (Å²) in [6.07, 6.45) is 0.344. The second-order valence-corrected chi connectivity index (χ2v) is 7.29. The van der Waals surface area contributed by atoms with Crippen molar-refractivity contribution in [2.45, 2.75) is 46.6 Å². The molecule has 0 spiro atoms. The molecular weight excluding hydrogens is 372 g/mol. The van der Waals surface area contributed by atoms with E-state index in [-0.39, 0.29) is 17.4 Å². The summed E-state index contributed by atoms with van der Waals surface area (Å²) < 4.78 is 5.33. The minimum atomic E-state index is -1.01. The van der Waals surface area contributed by atoms with E-state index < -0.39 is 17.9 Å². The Morgan fingerprint density at radius 1 is 1.14 bits per heavy atom. The highest BCUT2D eigenvalue weighted by molar-refractivity contribution is 6.05. The van der Waals surface area contributed by atoms with Crippen LogP contribution >= 0.6 is 0 Å². The molecule has 1 aromatic carbocycles. The minimum absolute atomic E-state index is 0.0705. The van der Waals surface area contributed by atoms with E-state index >= 15 is 0 Å². The number of ketones is 2. The van der Waals surface area contributed by atoms with Crippen molar-refractivity contribution in [3.8, 4) is 0 Å². The first-order valence-electron chi connectivity index (χ1n) is 9.56. The van der Waals surface area contributed by atoms with Crippen molar-refractivity contribution in [2.24, 2.45) is 0 Å². The van der Waals surface area contributed by atoms with Crippen LogP contribution < -0.4 is 4.90 Å². The number of hydrogen-bond acceptors (Lipinski definition) is 5. The molecule has 0 saturated carbocycles. The number of aromatic amines is 1. The second-order valence-electron chi connectivity index (χ2n) is 7.29. The molecule has 1 amide bonds. The predicted molar refractivity (Wildman–Crippen MR) is 108 cm³/mol. The molecule has 1 N–H and O–H groups in total. The molecule has 2 heterocycles.